The van der Waals surface area contributed by atoms with E-state index in [1.165, 1.54) is 0 Å². The second kappa shape index (κ2) is 6.22. The average Bonchev–Trinajstić information content (AvgIpc) is 2.84. The third-order valence-corrected chi connectivity index (χ3v) is 4.02. The lowest BCUT2D eigenvalue weighted by Gasteiger charge is -2.07. The number of amides is 1. The van der Waals surface area contributed by atoms with Crippen molar-refractivity contribution in [2.24, 2.45) is 0 Å². The van der Waals surface area contributed by atoms with E-state index in [1.807, 2.05) is 38.1 Å². The van der Waals surface area contributed by atoms with Gasteiger partial charge in [0.05, 0.1) is 22.1 Å². The Morgan fingerprint density at radius 3 is 2.43 bits per heavy atom. The number of aromatic nitrogens is 3. The molecule has 0 aliphatic heterocycles. The van der Waals surface area contributed by atoms with Crippen molar-refractivity contribution in [3.63, 3.8) is 0 Å². The van der Waals surface area contributed by atoms with E-state index in [4.69, 9.17) is 11.6 Å². The minimum absolute atomic E-state index is 0.243. The van der Waals surface area contributed by atoms with Crippen LogP contribution < -0.4 is 5.32 Å². The molecule has 6 heteroatoms. The molecule has 0 atom stereocenters. The van der Waals surface area contributed by atoms with Crippen LogP contribution in [0.4, 0.5) is 5.69 Å². The van der Waals surface area contributed by atoms with Gasteiger partial charge in [0.1, 0.15) is 5.69 Å². The fourth-order valence-electron chi connectivity index (χ4n) is 2.25. The lowest BCUT2D eigenvalue weighted by Crippen LogP contribution is -2.13. The van der Waals surface area contributed by atoms with Crippen LogP contribution in [0.3, 0.4) is 0 Å². The van der Waals surface area contributed by atoms with Gasteiger partial charge < -0.3 is 5.32 Å². The number of carbonyl (C=O) groups excluding carboxylic acids is 1. The molecule has 0 saturated heterocycles. The highest BCUT2D eigenvalue weighted by molar-refractivity contribution is 6.31. The third kappa shape index (κ3) is 3.10. The summed E-state index contributed by atoms with van der Waals surface area (Å²) < 4.78 is 1.78. The summed E-state index contributed by atoms with van der Waals surface area (Å²) >= 11 is 6.17. The summed E-state index contributed by atoms with van der Waals surface area (Å²) in [6.07, 6.45) is 1.59. The van der Waals surface area contributed by atoms with Gasteiger partial charge in [-0.15, -0.1) is 0 Å². The fourth-order valence-corrected chi connectivity index (χ4v) is 2.37. The Labute approximate surface area is 138 Å². The van der Waals surface area contributed by atoms with E-state index in [0.717, 1.165) is 17.1 Å². The van der Waals surface area contributed by atoms with Crippen molar-refractivity contribution in [3.8, 4) is 5.69 Å². The number of carbonyl (C=O) groups is 1. The maximum absolute atomic E-state index is 12.1. The molecule has 1 aromatic carbocycles. The first-order valence-electron chi connectivity index (χ1n) is 7.11. The van der Waals surface area contributed by atoms with Crippen molar-refractivity contribution in [2.45, 2.75) is 13.8 Å². The molecule has 0 fully saturated rings. The molecule has 0 unspecified atom stereocenters. The Bertz CT molecular complexity index is 841. The van der Waals surface area contributed by atoms with Crippen LogP contribution in [0.1, 0.15) is 21.9 Å². The molecule has 3 rings (SSSR count). The van der Waals surface area contributed by atoms with Crippen LogP contribution in [0.15, 0.2) is 48.7 Å². The van der Waals surface area contributed by atoms with Crippen molar-refractivity contribution < 1.29 is 4.79 Å². The molecule has 0 spiro atoms. The van der Waals surface area contributed by atoms with Gasteiger partial charge in [0.2, 0.25) is 0 Å². The summed E-state index contributed by atoms with van der Waals surface area (Å²) in [6.45, 7) is 3.78. The maximum Gasteiger partial charge on any atom is 0.274 e. The molecule has 2 aromatic heterocycles. The van der Waals surface area contributed by atoms with Gasteiger partial charge in [-0.05, 0) is 50.2 Å². The normalized spacial score (nSPS) is 10.6. The first-order chi connectivity index (χ1) is 11.1. The number of nitrogens with one attached hydrogen (secondary N) is 1. The largest absolute Gasteiger partial charge is 0.321 e. The van der Waals surface area contributed by atoms with Gasteiger partial charge >= 0.3 is 0 Å². The highest BCUT2D eigenvalue weighted by atomic mass is 35.5. The van der Waals surface area contributed by atoms with Gasteiger partial charge in [0, 0.05) is 11.9 Å². The summed E-state index contributed by atoms with van der Waals surface area (Å²) in [5.41, 5.74) is 3.62. The lowest BCUT2D eigenvalue weighted by molar-refractivity contribution is 0.102. The molecule has 1 amide bonds. The first-order valence-corrected chi connectivity index (χ1v) is 7.48. The number of hydrogen-bond acceptors (Lipinski definition) is 3. The van der Waals surface area contributed by atoms with Crippen LogP contribution in [0.2, 0.25) is 5.02 Å². The second-order valence-electron chi connectivity index (χ2n) is 5.11. The standard InChI is InChI=1S/C17H15ClN4O/c1-11-16(18)12(2)22(21-11)14-8-6-13(7-9-14)20-17(23)15-5-3-4-10-19-15/h3-10H,1-2H3,(H,20,23). The van der Waals surface area contributed by atoms with Crippen LogP contribution in [-0.4, -0.2) is 20.7 Å². The van der Waals surface area contributed by atoms with E-state index < -0.39 is 0 Å². The number of benzene rings is 1. The maximum atomic E-state index is 12.1. The van der Waals surface area contributed by atoms with Crippen LogP contribution >= 0.6 is 11.6 Å². The van der Waals surface area contributed by atoms with Crippen molar-refractivity contribution in [1.29, 1.82) is 0 Å². The van der Waals surface area contributed by atoms with Gasteiger partial charge in [-0.25, -0.2) is 4.68 Å². The van der Waals surface area contributed by atoms with E-state index in [9.17, 15) is 4.79 Å². The first kappa shape index (κ1) is 15.2. The Hall–Kier alpha value is -2.66. The summed E-state index contributed by atoms with van der Waals surface area (Å²) in [6, 6.07) is 12.6. The van der Waals surface area contributed by atoms with E-state index >= 15 is 0 Å². The zero-order valence-electron chi connectivity index (χ0n) is 12.7. The van der Waals surface area contributed by atoms with Gasteiger partial charge in [0.25, 0.3) is 5.91 Å². The number of nitrogens with zero attached hydrogens (tertiary/aromatic N) is 3. The summed E-state index contributed by atoms with van der Waals surface area (Å²) in [5.74, 6) is -0.243. The average molecular weight is 327 g/mol. The number of anilines is 1. The molecule has 23 heavy (non-hydrogen) atoms. The van der Waals surface area contributed by atoms with Gasteiger partial charge in [-0.2, -0.15) is 5.10 Å². The zero-order chi connectivity index (χ0) is 16.4. The summed E-state index contributed by atoms with van der Waals surface area (Å²) in [5, 5.41) is 7.88. The van der Waals surface area contributed by atoms with Crippen LogP contribution in [0, 0.1) is 13.8 Å². The minimum atomic E-state index is -0.243. The van der Waals surface area contributed by atoms with Crippen LogP contribution in [0.25, 0.3) is 5.69 Å². The molecule has 0 radical (unpaired) electrons. The molecule has 2 heterocycles. The quantitative estimate of drug-likeness (QED) is 0.796. The van der Waals surface area contributed by atoms with E-state index in [1.54, 1.807) is 29.1 Å². The van der Waals surface area contributed by atoms with E-state index in [-0.39, 0.29) is 5.91 Å². The van der Waals surface area contributed by atoms with Crippen molar-refractivity contribution in [2.75, 3.05) is 5.32 Å². The van der Waals surface area contributed by atoms with Gasteiger partial charge in [0.15, 0.2) is 0 Å². The second-order valence-corrected chi connectivity index (χ2v) is 5.49. The van der Waals surface area contributed by atoms with Crippen LogP contribution in [-0.2, 0) is 0 Å². The molecule has 0 bridgehead atoms. The minimum Gasteiger partial charge on any atom is -0.321 e. The fraction of sp³-hybridized carbons (Fsp3) is 0.118. The summed E-state index contributed by atoms with van der Waals surface area (Å²) in [7, 11) is 0. The van der Waals surface area contributed by atoms with E-state index in [2.05, 4.69) is 15.4 Å². The zero-order valence-corrected chi connectivity index (χ0v) is 13.5. The molecule has 0 aliphatic rings. The Morgan fingerprint density at radius 1 is 1.13 bits per heavy atom. The lowest BCUT2D eigenvalue weighted by atomic mass is 10.2. The van der Waals surface area contributed by atoms with Crippen molar-refractivity contribution in [3.05, 3.63) is 70.8 Å². The monoisotopic (exact) mass is 326 g/mol. The molecule has 0 aliphatic carbocycles. The third-order valence-electron chi connectivity index (χ3n) is 3.47. The van der Waals surface area contributed by atoms with Crippen molar-refractivity contribution in [1.82, 2.24) is 14.8 Å². The number of hydrogen-bond donors (Lipinski definition) is 1. The molecule has 1 N–H and O–H groups in total. The van der Waals surface area contributed by atoms with Crippen molar-refractivity contribution >= 4 is 23.2 Å². The molecule has 0 saturated carbocycles. The Balaban J connectivity index is 1.80. The smallest absolute Gasteiger partial charge is 0.274 e. The molecule has 5 nitrogen and oxygen atoms in total. The predicted molar refractivity (Wildman–Crippen MR) is 90.2 cm³/mol. The van der Waals surface area contributed by atoms with Crippen LogP contribution in [0.5, 0.6) is 0 Å². The topological polar surface area (TPSA) is 59.8 Å². The predicted octanol–water partition coefficient (Wildman–Crippen LogP) is 3.79. The highest BCUT2D eigenvalue weighted by Crippen LogP contribution is 2.23. The molecular formula is C17H15ClN4O. The SMILES string of the molecule is Cc1nn(-c2ccc(NC(=O)c3ccccn3)cc2)c(C)c1Cl. The number of pyridine rings is 1. The molecule has 3 aromatic rings. The van der Waals surface area contributed by atoms with Gasteiger partial charge in [-0.3, -0.25) is 9.78 Å². The summed E-state index contributed by atoms with van der Waals surface area (Å²) in [4.78, 5) is 16.1. The molecular weight excluding hydrogens is 312 g/mol. The number of halogens is 1. The molecule has 116 valence electrons. The van der Waals surface area contributed by atoms with Gasteiger partial charge in [-0.1, -0.05) is 17.7 Å². The highest BCUT2D eigenvalue weighted by Gasteiger charge is 2.11. The Morgan fingerprint density at radius 2 is 1.87 bits per heavy atom. The Kier molecular flexibility index (Phi) is 4.12. The number of rotatable bonds is 3. The number of aryl methyl sites for hydroxylation is 1. The van der Waals surface area contributed by atoms with E-state index in [0.29, 0.717) is 16.4 Å².